The Morgan fingerprint density at radius 3 is 2.45 bits per heavy atom. The molecule has 0 aromatic rings. The van der Waals surface area contributed by atoms with Crippen molar-refractivity contribution in [3.8, 4) is 0 Å². The lowest BCUT2D eigenvalue weighted by Gasteiger charge is -2.98. The Morgan fingerprint density at radius 2 is 2.00 bits per heavy atom. The molecule has 11 heavy (non-hydrogen) atoms. The molecule has 0 N–H and O–H groups in total. The normalized spacial score (nSPS) is 85.1. The van der Waals surface area contributed by atoms with E-state index in [-0.39, 0.29) is 0 Å². The predicted molar refractivity (Wildman–Crippen MR) is 41.9 cm³/mol. The average molecular weight is 146 g/mol. The molecule has 6 unspecified atom stereocenters. The Balaban J connectivity index is 1.76. The van der Waals surface area contributed by atoms with Crippen LogP contribution in [-0.2, 0) is 0 Å². The lowest BCUT2D eigenvalue weighted by atomic mass is 9.07. The van der Waals surface area contributed by atoms with Gasteiger partial charge in [-0.1, -0.05) is 0 Å². The van der Waals surface area contributed by atoms with Gasteiger partial charge in [0.25, 0.3) is 0 Å². The Kier molecular flexibility index (Phi) is 0.428. The molecule has 0 heterocycles. The van der Waals surface area contributed by atoms with Crippen molar-refractivity contribution in [2.45, 2.75) is 32.1 Å². The first-order valence-electron chi connectivity index (χ1n) is 5.39. The molecule has 0 bridgehead atoms. The van der Waals surface area contributed by atoms with Crippen LogP contribution in [0, 0.1) is 34.5 Å². The van der Waals surface area contributed by atoms with Gasteiger partial charge in [0.05, 0.1) is 0 Å². The zero-order valence-electron chi connectivity index (χ0n) is 6.84. The molecule has 0 radical (unpaired) electrons. The third kappa shape index (κ3) is 0.204. The molecule has 5 aliphatic carbocycles. The minimum absolute atomic E-state index is 1.02. The Morgan fingerprint density at radius 1 is 1.00 bits per heavy atom. The summed E-state index contributed by atoms with van der Waals surface area (Å²) in [6, 6.07) is 0. The van der Waals surface area contributed by atoms with Crippen molar-refractivity contribution in [3.05, 3.63) is 0 Å². The highest BCUT2D eigenvalue weighted by Gasteiger charge is 2.92. The third-order valence-electron chi connectivity index (χ3n) is 6.64. The van der Waals surface area contributed by atoms with Crippen LogP contribution in [0.3, 0.4) is 0 Å². The molecule has 5 saturated carbocycles. The number of fused-ring (bicyclic) bond motifs is 1. The zero-order valence-corrected chi connectivity index (χ0v) is 6.84. The van der Waals surface area contributed by atoms with Gasteiger partial charge in [-0.25, -0.2) is 0 Å². The van der Waals surface area contributed by atoms with Crippen LogP contribution in [0.25, 0.3) is 0 Å². The van der Waals surface area contributed by atoms with Gasteiger partial charge in [0.15, 0.2) is 0 Å². The van der Waals surface area contributed by atoms with Gasteiger partial charge in [0.2, 0.25) is 0 Å². The van der Waals surface area contributed by atoms with Crippen molar-refractivity contribution in [2.75, 3.05) is 0 Å². The van der Waals surface area contributed by atoms with Crippen LogP contribution >= 0.6 is 0 Å². The standard InChI is InChI=1S/C11H14/c1-2-10-5-7-3-6-4-9(8(1)10)11(6,7)10/h6-9H,1-5H2. The maximum Gasteiger partial charge on any atom is -0.0150 e. The van der Waals surface area contributed by atoms with E-state index in [0.29, 0.717) is 0 Å². The molecule has 0 heteroatoms. The predicted octanol–water partition coefficient (Wildman–Crippen LogP) is 2.44. The zero-order chi connectivity index (χ0) is 6.84. The van der Waals surface area contributed by atoms with Crippen LogP contribution in [0.5, 0.6) is 0 Å². The second-order valence-corrected chi connectivity index (χ2v) is 5.91. The molecule has 58 valence electrons. The van der Waals surface area contributed by atoms with E-state index in [0.717, 1.165) is 10.8 Å². The first kappa shape index (κ1) is 4.89. The molecule has 5 fully saturated rings. The fourth-order valence-electron chi connectivity index (χ4n) is 6.50. The summed E-state index contributed by atoms with van der Waals surface area (Å²) in [5, 5.41) is 0. The Bertz CT molecular complexity index is 276. The molecule has 2 spiro atoms. The van der Waals surface area contributed by atoms with E-state index < -0.39 is 0 Å². The van der Waals surface area contributed by atoms with Crippen LogP contribution in [0.4, 0.5) is 0 Å². The van der Waals surface area contributed by atoms with Crippen LogP contribution in [0.1, 0.15) is 32.1 Å². The van der Waals surface area contributed by atoms with E-state index in [4.69, 9.17) is 0 Å². The van der Waals surface area contributed by atoms with Crippen molar-refractivity contribution in [3.63, 3.8) is 0 Å². The van der Waals surface area contributed by atoms with Crippen molar-refractivity contribution < 1.29 is 0 Å². The molecular formula is C11H14. The molecule has 0 aliphatic heterocycles. The third-order valence-corrected chi connectivity index (χ3v) is 6.64. The molecule has 0 nitrogen and oxygen atoms in total. The van der Waals surface area contributed by atoms with E-state index in [1.54, 1.807) is 32.1 Å². The summed E-state index contributed by atoms with van der Waals surface area (Å²) in [4.78, 5) is 0. The highest BCUT2D eigenvalue weighted by molar-refractivity contribution is 5.40. The lowest BCUT2D eigenvalue weighted by molar-refractivity contribution is -0.498. The Hall–Kier alpha value is 0. The number of hydrogen-bond donors (Lipinski definition) is 0. The van der Waals surface area contributed by atoms with Crippen LogP contribution < -0.4 is 0 Å². The molecule has 5 aliphatic rings. The van der Waals surface area contributed by atoms with Gasteiger partial charge in [-0.15, -0.1) is 0 Å². The first-order valence-corrected chi connectivity index (χ1v) is 5.39. The summed E-state index contributed by atoms with van der Waals surface area (Å²) < 4.78 is 0. The second-order valence-electron chi connectivity index (χ2n) is 5.91. The smallest absolute Gasteiger partial charge is 0.0150 e. The largest absolute Gasteiger partial charge is 0.0490 e. The van der Waals surface area contributed by atoms with E-state index in [1.807, 2.05) is 0 Å². The minimum atomic E-state index is 1.02. The molecule has 0 aromatic carbocycles. The summed E-state index contributed by atoms with van der Waals surface area (Å²) in [6.45, 7) is 0. The van der Waals surface area contributed by atoms with Gasteiger partial charge in [-0.3, -0.25) is 0 Å². The van der Waals surface area contributed by atoms with Crippen molar-refractivity contribution in [1.29, 1.82) is 0 Å². The molecule has 0 amide bonds. The van der Waals surface area contributed by atoms with E-state index in [1.165, 1.54) is 23.7 Å². The topological polar surface area (TPSA) is 0 Å². The van der Waals surface area contributed by atoms with Crippen LogP contribution in [0.15, 0.2) is 0 Å². The summed E-state index contributed by atoms with van der Waals surface area (Å²) in [7, 11) is 0. The first-order chi connectivity index (χ1) is 5.39. The summed E-state index contributed by atoms with van der Waals surface area (Å²) in [6.07, 6.45) is 8.23. The minimum Gasteiger partial charge on any atom is -0.0490 e. The maximum atomic E-state index is 1.67. The molecule has 5 rings (SSSR count). The van der Waals surface area contributed by atoms with Gasteiger partial charge < -0.3 is 0 Å². The molecule has 0 saturated heterocycles. The molecular weight excluding hydrogens is 132 g/mol. The highest BCUT2D eigenvalue weighted by Crippen LogP contribution is 2.99. The highest BCUT2D eigenvalue weighted by atomic mass is 15.0. The molecule has 6 atom stereocenters. The van der Waals surface area contributed by atoms with Crippen molar-refractivity contribution in [2.24, 2.45) is 34.5 Å². The van der Waals surface area contributed by atoms with E-state index in [2.05, 4.69) is 0 Å². The molecule has 0 aromatic heterocycles. The van der Waals surface area contributed by atoms with E-state index >= 15 is 0 Å². The monoisotopic (exact) mass is 146 g/mol. The quantitative estimate of drug-likeness (QED) is 0.492. The number of hydrogen-bond acceptors (Lipinski definition) is 0. The SMILES string of the molecule is C1CC23CC4CC5CC(C12)C543. The average Bonchev–Trinajstić information content (AvgIpc) is 1.86. The van der Waals surface area contributed by atoms with E-state index in [9.17, 15) is 0 Å². The second kappa shape index (κ2) is 0.963. The Labute approximate surface area is 67.4 Å². The van der Waals surface area contributed by atoms with Crippen LogP contribution in [-0.4, -0.2) is 0 Å². The van der Waals surface area contributed by atoms with Gasteiger partial charge >= 0.3 is 0 Å². The van der Waals surface area contributed by atoms with Crippen molar-refractivity contribution >= 4 is 0 Å². The lowest BCUT2D eigenvalue weighted by Crippen LogP contribution is -2.92. The summed E-state index contributed by atoms with van der Waals surface area (Å²) >= 11 is 0. The van der Waals surface area contributed by atoms with Crippen molar-refractivity contribution in [1.82, 2.24) is 0 Å². The van der Waals surface area contributed by atoms with Gasteiger partial charge in [-0.05, 0) is 66.6 Å². The van der Waals surface area contributed by atoms with Gasteiger partial charge in [0.1, 0.15) is 0 Å². The summed E-state index contributed by atoms with van der Waals surface area (Å²) in [5.41, 5.74) is 2.07. The van der Waals surface area contributed by atoms with Gasteiger partial charge in [0, 0.05) is 0 Å². The van der Waals surface area contributed by atoms with Crippen LogP contribution in [0.2, 0.25) is 0 Å². The van der Waals surface area contributed by atoms with Gasteiger partial charge in [-0.2, -0.15) is 0 Å². The fourth-order valence-corrected chi connectivity index (χ4v) is 6.50. The number of rotatable bonds is 0. The fraction of sp³-hybridized carbons (Fsp3) is 1.00. The maximum absolute atomic E-state index is 1.67. The summed E-state index contributed by atoms with van der Waals surface area (Å²) in [5.74, 6) is 5.04.